The number of carboxylic acid groups (broad SMARTS) is 1. The molecule has 15 heavy (non-hydrogen) atoms. The number of halogens is 3. The predicted octanol–water partition coefficient (Wildman–Crippen LogP) is 1.02. The first-order chi connectivity index (χ1) is 6.82. The highest BCUT2D eigenvalue weighted by molar-refractivity contribution is 5.70. The molecule has 0 saturated heterocycles. The molecule has 1 heterocycles. The van der Waals surface area contributed by atoms with Crippen LogP contribution in [0.3, 0.4) is 0 Å². The molecule has 4 nitrogen and oxygen atoms in total. The third-order valence-electron chi connectivity index (χ3n) is 1.67. The van der Waals surface area contributed by atoms with Crippen LogP contribution in [0.15, 0.2) is 17.1 Å². The van der Waals surface area contributed by atoms with Crippen LogP contribution in [-0.4, -0.2) is 16.1 Å². The van der Waals surface area contributed by atoms with Crippen LogP contribution >= 0.6 is 0 Å². The summed E-state index contributed by atoms with van der Waals surface area (Å²) in [5.74, 6) is -1.42. The van der Waals surface area contributed by atoms with Gasteiger partial charge in [-0.05, 0) is 11.6 Å². The summed E-state index contributed by atoms with van der Waals surface area (Å²) in [7, 11) is 0. The molecule has 0 saturated carbocycles. The van der Waals surface area contributed by atoms with Crippen molar-refractivity contribution in [2.75, 3.05) is 0 Å². The lowest BCUT2D eigenvalue weighted by Gasteiger charge is -2.09. The minimum Gasteiger partial charge on any atom is -0.481 e. The van der Waals surface area contributed by atoms with Crippen molar-refractivity contribution in [3.05, 3.63) is 33.7 Å². The van der Waals surface area contributed by atoms with Crippen LogP contribution in [-0.2, 0) is 17.4 Å². The Kier molecular flexibility index (Phi) is 2.83. The zero-order chi connectivity index (χ0) is 11.6. The van der Waals surface area contributed by atoms with Crippen LogP contribution in [0.5, 0.6) is 0 Å². The van der Waals surface area contributed by atoms with E-state index in [0.29, 0.717) is 0 Å². The maximum atomic E-state index is 12.3. The van der Waals surface area contributed by atoms with Gasteiger partial charge in [-0.15, -0.1) is 0 Å². The van der Waals surface area contributed by atoms with Crippen LogP contribution in [0.4, 0.5) is 13.2 Å². The molecule has 0 unspecified atom stereocenters. The molecule has 0 radical (unpaired) electrons. The lowest BCUT2D eigenvalue weighted by atomic mass is 10.1. The molecular formula is C8H6F3NO3. The Morgan fingerprint density at radius 1 is 1.47 bits per heavy atom. The summed E-state index contributed by atoms with van der Waals surface area (Å²) in [5, 5.41) is 8.37. The quantitative estimate of drug-likeness (QED) is 0.783. The van der Waals surface area contributed by atoms with Crippen molar-refractivity contribution in [2.24, 2.45) is 0 Å². The number of rotatable bonds is 2. The Morgan fingerprint density at radius 2 is 2.07 bits per heavy atom. The summed E-state index contributed by atoms with van der Waals surface area (Å²) in [5.41, 5.74) is -3.33. The zero-order valence-electron chi connectivity index (χ0n) is 7.26. The molecule has 0 bridgehead atoms. The predicted molar refractivity (Wildman–Crippen MR) is 43.4 cm³/mol. The van der Waals surface area contributed by atoms with E-state index in [-0.39, 0.29) is 0 Å². The van der Waals surface area contributed by atoms with Crippen molar-refractivity contribution in [3.63, 3.8) is 0 Å². The van der Waals surface area contributed by atoms with Crippen molar-refractivity contribution in [2.45, 2.75) is 12.6 Å². The van der Waals surface area contributed by atoms with E-state index in [9.17, 15) is 22.8 Å². The normalized spacial score (nSPS) is 11.4. The van der Waals surface area contributed by atoms with E-state index < -0.39 is 35.3 Å². The Labute approximate surface area is 81.4 Å². The number of nitrogens with one attached hydrogen (secondary N) is 1. The summed E-state index contributed by atoms with van der Waals surface area (Å²) in [6.07, 6.45) is -4.70. The van der Waals surface area contributed by atoms with E-state index in [2.05, 4.69) is 0 Å². The van der Waals surface area contributed by atoms with Crippen molar-refractivity contribution in [1.29, 1.82) is 0 Å². The summed E-state index contributed by atoms with van der Waals surface area (Å²) in [6, 6.07) is 0.929. The van der Waals surface area contributed by atoms with E-state index in [1.807, 2.05) is 4.98 Å². The SMILES string of the molecule is O=C(O)Cc1cc[nH]c(=O)c1C(F)(F)F. The monoisotopic (exact) mass is 221 g/mol. The molecule has 0 fully saturated rings. The van der Waals surface area contributed by atoms with Gasteiger partial charge in [0.05, 0.1) is 6.42 Å². The topological polar surface area (TPSA) is 70.2 Å². The largest absolute Gasteiger partial charge is 0.481 e. The highest BCUT2D eigenvalue weighted by Gasteiger charge is 2.36. The van der Waals surface area contributed by atoms with E-state index in [4.69, 9.17) is 5.11 Å². The number of carbonyl (C=O) groups is 1. The van der Waals surface area contributed by atoms with Crippen LogP contribution in [0, 0.1) is 0 Å². The third kappa shape index (κ3) is 2.58. The Balaban J connectivity index is 3.33. The van der Waals surface area contributed by atoms with Crippen molar-refractivity contribution >= 4 is 5.97 Å². The van der Waals surface area contributed by atoms with Gasteiger partial charge in [0, 0.05) is 6.20 Å². The number of hydrogen-bond donors (Lipinski definition) is 2. The van der Waals surface area contributed by atoms with Gasteiger partial charge in [0.25, 0.3) is 5.56 Å². The van der Waals surface area contributed by atoms with E-state index in [0.717, 1.165) is 12.3 Å². The summed E-state index contributed by atoms with van der Waals surface area (Å²) >= 11 is 0. The molecule has 0 spiro atoms. The van der Waals surface area contributed by atoms with Crippen LogP contribution in [0.1, 0.15) is 11.1 Å². The molecule has 0 atom stereocenters. The molecule has 7 heteroatoms. The number of aromatic nitrogens is 1. The van der Waals surface area contributed by atoms with Gasteiger partial charge in [-0.2, -0.15) is 13.2 Å². The fourth-order valence-corrected chi connectivity index (χ4v) is 1.14. The number of carboxylic acids is 1. The molecule has 2 N–H and O–H groups in total. The number of H-pyrrole nitrogens is 1. The van der Waals surface area contributed by atoms with Crippen LogP contribution in [0.25, 0.3) is 0 Å². The highest BCUT2D eigenvalue weighted by atomic mass is 19.4. The average molecular weight is 221 g/mol. The van der Waals surface area contributed by atoms with E-state index >= 15 is 0 Å². The van der Waals surface area contributed by atoms with Gasteiger partial charge in [0.2, 0.25) is 0 Å². The Bertz CT molecular complexity index is 435. The van der Waals surface area contributed by atoms with Gasteiger partial charge in [-0.3, -0.25) is 9.59 Å². The fraction of sp³-hybridized carbons (Fsp3) is 0.250. The summed E-state index contributed by atoms with van der Waals surface area (Å²) < 4.78 is 37.0. The molecule has 0 aliphatic carbocycles. The summed E-state index contributed by atoms with van der Waals surface area (Å²) in [4.78, 5) is 23.0. The zero-order valence-corrected chi connectivity index (χ0v) is 7.26. The maximum absolute atomic E-state index is 12.3. The minimum atomic E-state index is -4.85. The van der Waals surface area contributed by atoms with Gasteiger partial charge in [-0.25, -0.2) is 0 Å². The van der Waals surface area contributed by atoms with Gasteiger partial charge in [0.15, 0.2) is 0 Å². The second kappa shape index (κ2) is 3.76. The van der Waals surface area contributed by atoms with Crippen molar-refractivity contribution < 1.29 is 23.1 Å². The lowest BCUT2D eigenvalue weighted by molar-refractivity contribution is -0.140. The lowest BCUT2D eigenvalue weighted by Crippen LogP contribution is -2.24. The molecule has 0 amide bonds. The number of hydrogen-bond acceptors (Lipinski definition) is 2. The molecular weight excluding hydrogens is 215 g/mol. The second-order valence-corrected chi connectivity index (χ2v) is 2.78. The fourth-order valence-electron chi connectivity index (χ4n) is 1.14. The molecule has 82 valence electrons. The molecule has 1 rings (SSSR count). The Morgan fingerprint density at radius 3 is 2.53 bits per heavy atom. The van der Waals surface area contributed by atoms with E-state index in [1.165, 1.54) is 0 Å². The third-order valence-corrected chi connectivity index (χ3v) is 1.67. The molecule has 0 aliphatic rings. The molecule has 0 aromatic carbocycles. The number of aromatic amines is 1. The molecule has 0 aliphatic heterocycles. The van der Waals surface area contributed by atoms with Crippen LogP contribution in [0.2, 0.25) is 0 Å². The highest BCUT2D eigenvalue weighted by Crippen LogP contribution is 2.29. The van der Waals surface area contributed by atoms with Gasteiger partial charge in [-0.1, -0.05) is 0 Å². The molecule has 1 aromatic rings. The number of alkyl halides is 3. The Hall–Kier alpha value is -1.79. The number of aliphatic carboxylic acids is 1. The maximum Gasteiger partial charge on any atom is 0.421 e. The van der Waals surface area contributed by atoms with Gasteiger partial charge in [0.1, 0.15) is 5.56 Å². The molecule has 1 aromatic heterocycles. The first kappa shape index (κ1) is 11.3. The first-order valence-electron chi connectivity index (χ1n) is 3.82. The smallest absolute Gasteiger partial charge is 0.421 e. The summed E-state index contributed by atoms with van der Waals surface area (Å²) in [6.45, 7) is 0. The number of pyridine rings is 1. The first-order valence-corrected chi connectivity index (χ1v) is 3.82. The van der Waals surface area contributed by atoms with Crippen LogP contribution < -0.4 is 5.56 Å². The van der Waals surface area contributed by atoms with Gasteiger partial charge >= 0.3 is 12.1 Å². The van der Waals surface area contributed by atoms with E-state index in [1.54, 1.807) is 0 Å². The van der Waals surface area contributed by atoms with Crippen molar-refractivity contribution in [3.8, 4) is 0 Å². The van der Waals surface area contributed by atoms with Crippen molar-refractivity contribution in [1.82, 2.24) is 4.98 Å². The van der Waals surface area contributed by atoms with Gasteiger partial charge < -0.3 is 10.1 Å². The average Bonchev–Trinajstić information content (AvgIpc) is 1.99. The second-order valence-electron chi connectivity index (χ2n) is 2.78. The standard InChI is InChI=1S/C8H6F3NO3/c9-8(10,11)6-4(3-5(13)14)1-2-12-7(6)15/h1-2H,3H2,(H,12,15)(H,13,14). The minimum absolute atomic E-state index is 0.543.